The summed E-state index contributed by atoms with van der Waals surface area (Å²) in [6, 6.07) is 1.46. The first-order valence-electron chi connectivity index (χ1n) is 5.63. The molecule has 0 bridgehead atoms. The molecule has 1 heterocycles. The van der Waals surface area contributed by atoms with Crippen LogP contribution in [0, 0.1) is 0 Å². The maximum Gasteiger partial charge on any atom is 0.326 e. The number of carboxylic acid groups (broad SMARTS) is 1. The molecule has 0 fully saturated rings. The van der Waals surface area contributed by atoms with Crippen molar-refractivity contribution in [2.24, 2.45) is 5.73 Å². The molecular formula is C11H12BrN3O6. The van der Waals surface area contributed by atoms with Gasteiger partial charge in [-0.1, -0.05) is 0 Å². The Labute approximate surface area is 127 Å². The molecule has 1 rings (SSSR count). The number of furan rings is 1. The summed E-state index contributed by atoms with van der Waals surface area (Å²) in [5, 5.41) is 13.1. The molecule has 3 amide bonds. The Morgan fingerprint density at radius 3 is 2.48 bits per heavy atom. The minimum Gasteiger partial charge on any atom is -0.480 e. The van der Waals surface area contributed by atoms with Crippen molar-refractivity contribution in [3.05, 3.63) is 22.6 Å². The van der Waals surface area contributed by atoms with Crippen LogP contribution in [0.5, 0.6) is 0 Å². The maximum atomic E-state index is 11.6. The highest BCUT2D eigenvalue weighted by Crippen LogP contribution is 2.13. The van der Waals surface area contributed by atoms with Crippen LogP contribution in [-0.4, -0.2) is 41.4 Å². The van der Waals surface area contributed by atoms with Crippen LogP contribution in [0.3, 0.4) is 0 Å². The van der Waals surface area contributed by atoms with Crippen molar-refractivity contribution in [1.29, 1.82) is 0 Å². The van der Waals surface area contributed by atoms with Gasteiger partial charge in [0.25, 0.3) is 5.91 Å². The number of primary amides is 1. The minimum atomic E-state index is -1.44. The number of amides is 3. The van der Waals surface area contributed by atoms with Gasteiger partial charge in [-0.3, -0.25) is 14.4 Å². The lowest BCUT2D eigenvalue weighted by atomic mass is 10.2. The third kappa shape index (κ3) is 5.65. The van der Waals surface area contributed by atoms with E-state index in [2.05, 4.69) is 26.6 Å². The molecule has 114 valence electrons. The number of hydrogen-bond donors (Lipinski definition) is 4. The number of carbonyl (C=O) groups excluding carboxylic acids is 3. The van der Waals surface area contributed by atoms with E-state index < -0.39 is 42.7 Å². The largest absolute Gasteiger partial charge is 0.480 e. The van der Waals surface area contributed by atoms with E-state index in [4.69, 9.17) is 15.3 Å². The quantitative estimate of drug-likeness (QED) is 0.499. The summed E-state index contributed by atoms with van der Waals surface area (Å²) >= 11 is 3.02. The third-order valence-corrected chi connectivity index (χ3v) is 2.67. The minimum absolute atomic E-state index is 0.0124. The average molecular weight is 362 g/mol. The lowest BCUT2D eigenvalue weighted by molar-refractivity contribution is -0.143. The Balaban J connectivity index is 2.47. The monoisotopic (exact) mass is 361 g/mol. The molecule has 5 N–H and O–H groups in total. The van der Waals surface area contributed by atoms with E-state index in [1.807, 2.05) is 0 Å². The number of rotatable bonds is 7. The van der Waals surface area contributed by atoms with E-state index in [0.29, 0.717) is 4.67 Å². The van der Waals surface area contributed by atoms with Gasteiger partial charge >= 0.3 is 5.97 Å². The first-order valence-corrected chi connectivity index (χ1v) is 6.43. The van der Waals surface area contributed by atoms with Crippen LogP contribution in [0.1, 0.15) is 17.0 Å². The Bertz CT molecular complexity index is 570. The fourth-order valence-electron chi connectivity index (χ4n) is 1.33. The van der Waals surface area contributed by atoms with Gasteiger partial charge in [0.15, 0.2) is 10.4 Å². The molecule has 1 atom stereocenters. The summed E-state index contributed by atoms with van der Waals surface area (Å²) in [5.41, 5.74) is 4.87. The fraction of sp³-hybridized carbons (Fsp3) is 0.273. The van der Waals surface area contributed by atoms with Crippen LogP contribution in [-0.2, 0) is 14.4 Å². The van der Waals surface area contributed by atoms with Gasteiger partial charge in [0.1, 0.15) is 6.04 Å². The Morgan fingerprint density at radius 1 is 1.33 bits per heavy atom. The van der Waals surface area contributed by atoms with Crippen molar-refractivity contribution in [1.82, 2.24) is 10.6 Å². The maximum absolute atomic E-state index is 11.6. The second-order valence-corrected chi connectivity index (χ2v) is 4.70. The van der Waals surface area contributed by atoms with Crippen molar-refractivity contribution in [3.63, 3.8) is 0 Å². The molecular weight excluding hydrogens is 350 g/mol. The van der Waals surface area contributed by atoms with Crippen LogP contribution in [0.4, 0.5) is 0 Å². The molecule has 0 aromatic carbocycles. The van der Waals surface area contributed by atoms with E-state index >= 15 is 0 Å². The third-order valence-electron chi connectivity index (χ3n) is 2.25. The second kappa shape index (κ2) is 7.43. The SMILES string of the molecule is NC(=O)CC(NC(=O)CNC(=O)c1ccc(Br)o1)C(=O)O. The number of aliphatic carboxylic acids is 1. The zero-order valence-electron chi connectivity index (χ0n) is 10.6. The molecule has 1 unspecified atom stereocenters. The van der Waals surface area contributed by atoms with Gasteiger partial charge in [0, 0.05) is 0 Å². The topological polar surface area (TPSA) is 152 Å². The van der Waals surface area contributed by atoms with Crippen molar-refractivity contribution in [2.45, 2.75) is 12.5 Å². The summed E-state index contributed by atoms with van der Waals surface area (Å²) in [7, 11) is 0. The first kappa shape index (κ1) is 16.7. The van der Waals surface area contributed by atoms with Gasteiger partial charge in [-0.25, -0.2) is 4.79 Å². The second-order valence-electron chi connectivity index (χ2n) is 3.92. The Morgan fingerprint density at radius 2 is 2.00 bits per heavy atom. The molecule has 0 aliphatic rings. The van der Waals surface area contributed by atoms with Crippen LogP contribution in [0.25, 0.3) is 0 Å². The molecule has 0 aliphatic carbocycles. The smallest absolute Gasteiger partial charge is 0.326 e. The molecule has 9 nitrogen and oxygen atoms in total. The van der Waals surface area contributed by atoms with Gasteiger partial charge in [-0.05, 0) is 28.1 Å². The van der Waals surface area contributed by atoms with Gasteiger partial charge in [-0.2, -0.15) is 0 Å². The molecule has 0 spiro atoms. The number of hydrogen-bond acceptors (Lipinski definition) is 5. The molecule has 1 aromatic rings. The molecule has 1 aromatic heterocycles. The van der Waals surface area contributed by atoms with E-state index in [1.54, 1.807) is 0 Å². The number of carboxylic acids is 1. The summed E-state index contributed by atoms with van der Waals surface area (Å²) in [4.78, 5) is 44.5. The predicted molar refractivity (Wildman–Crippen MR) is 72.1 cm³/mol. The highest BCUT2D eigenvalue weighted by Gasteiger charge is 2.22. The van der Waals surface area contributed by atoms with E-state index in [1.165, 1.54) is 12.1 Å². The summed E-state index contributed by atoms with van der Waals surface area (Å²) in [5.74, 6) is -3.70. The average Bonchev–Trinajstić information content (AvgIpc) is 2.81. The standard InChI is InChI=1S/C11H12BrN3O6/c12-7-2-1-6(21-7)10(18)14-4-9(17)15-5(11(19)20)3-8(13)16/h1-2,5H,3-4H2,(H2,13,16)(H,14,18)(H,15,17)(H,19,20). The van der Waals surface area contributed by atoms with Crippen LogP contribution in [0.15, 0.2) is 21.2 Å². The van der Waals surface area contributed by atoms with Gasteiger partial charge in [0.2, 0.25) is 11.8 Å². The molecule has 0 aliphatic heterocycles. The fourth-order valence-corrected chi connectivity index (χ4v) is 1.64. The lowest BCUT2D eigenvalue weighted by Crippen LogP contribution is -2.47. The van der Waals surface area contributed by atoms with Crippen molar-refractivity contribution >= 4 is 39.6 Å². The number of nitrogens with two attached hydrogens (primary N) is 1. The molecule has 21 heavy (non-hydrogen) atoms. The first-order chi connectivity index (χ1) is 9.79. The van der Waals surface area contributed by atoms with Crippen LogP contribution < -0.4 is 16.4 Å². The molecule has 0 radical (unpaired) electrons. The van der Waals surface area contributed by atoms with E-state index in [-0.39, 0.29) is 5.76 Å². The van der Waals surface area contributed by atoms with Crippen molar-refractivity contribution in [2.75, 3.05) is 6.54 Å². The highest BCUT2D eigenvalue weighted by atomic mass is 79.9. The number of halogens is 1. The summed E-state index contributed by atoms with van der Waals surface area (Å²) in [6.07, 6.45) is -0.542. The van der Waals surface area contributed by atoms with E-state index in [0.717, 1.165) is 0 Å². The number of carbonyl (C=O) groups is 4. The van der Waals surface area contributed by atoms with Crippen LogP contribution in [0.2, 0.25) is 0 Å². The summed E-state index contributed by atoms with van der Waals surface area (Å²) < 4.78 is 5.32. The van der Waals surface area contributed by atoms with Crippen molar-refractivity contribution < 1.29 is 28.7 Å². The molecule has 0 saturated heterocycles. The Kier molecular flexibility index (Phi) is 5.91. The van der Waals surface area contributed by atoms with E-state index in [9.17, 15) is 19.2 Å². The summed E-state index contributed by atoms with van der Waals surface area (Å²) in [6.45, 7) is -0.473. The zero-order valence-corrected chi connectivity index (χ0v) is 12.2. The predicted octanol–water partition coefficient (Wildman–Crippen LogP) is -0.783. The van der Waals surface area contributed by atoms with Crippen LogP contribution >= 0.6 is 15.9 Å². The van der Waals surface area contributed by atoms with Gasteiger partial charge in [-0.15, -0.1) is 0 Å². The highest BCUT2D eigenvalue weighted by molar-refractivity contribution is 9.10. The Hall–Kier alpha value is -2.36. The normalized spacial score (nSPS) is 11.5. The molecule has 0 saturated carbocycles. The lowest BCUT2D eigenvalue weighted by Gasteiger charge is -2.12. The van der Waals surface area contributed by atoms with Gasteiger partial charge < -0.3 is 25.9 Å². The number of nitrogens with one attached hydrogen (secondary N) is 2. The zero-order chi connectivity index (χ0) is 16.0. The van der Waals surface area contributed by atoms with Crippen molar-refractivity contribution in [3.8, 4) is 0 Å². The molecule has 10 heteroatoms. The van der Waals surface area contributed by atoms with Gasteiger partial charge in [0.05, 0.1) is 13.0 Å².